The van der Waals surface area contributed by atoms with Crippen LogP contribution in [0.1, 0.15) is 54.9 Å². The lowest BCUT2D eigenvalue weighted by Crippen LogP contribution is -2.39. The fourth-order valence-corrected chi connectivity index (χ4v) is 5.88. The quantitative estimate of drug-likeness (QED) is 0.224. The van der Waals surface area contributed by atoms with E-state index < -0.39 is 0 Å². The second-order valence-corrected chi connectivity index (χ2v) is 11.1. The van der Waals surface area contributed by atoms with Gasteiger partial charge in [-0.3, -0.25) is 4.79 Å². The lowest BCUT2D eigenvalue weighted by molar-refractivity contribution is -0.144. The SMILES string of the molecule is COc1ccc2c(c1)C(CC(=O)OCC1CCCCN1C)=C(C)/C2=C/c1cc(OC)c(OCc2ccccc2)c(OC)c1. The molecule has 0 saturated carbocycles. The topological polar surface area (TPSA) is 66.5 Å². The van der Waals surface area contributed by atoms with E-state index >= 15 is 0 Å². The molecular weight excluding hydrogens is 542 g/mol. The van der Waals surface area contributed by atoms with Crippen molar-refractivity contribution < 1.29 is 28.5 Å². The van der Waals surface area contributed by atoms with Crippen molar-refractivity contribution in [2.24, 2.45) is 0 Å². The first kappa shape index (κ1) is 30.2. The Hall–Kier alpha value is -4.23. The molecule has 0 aromatic heterocycles. The summed E-state index contributed by atoms with van der Waals surface area (Å²) in [6.45, 7) is 3.92. The van der Waals surface area contributed by atoms with Crippen LogP contribution in [-0.4, -0.2) is 58.4 Å². The van der Waals surface area contributed by atoms with Crippen LogP contribution in [0.25, 0.3) is 17.2 Å². The van der Waals surface area contributed by atoms with Crippen LogP contribution in [0.2, 0.25) is 0 Å². The fraction of sp³-hybridized carbons (Fsp3) is 0.361. The van der Waals surface area contributed by atoms with Crippen molar-refractivity contribution in [1.82, 2.24) is 4.90 Å². The lowest BCUT2D eigenvalue weighted by Gasteiger charge is -2.31. The minimum atomic E-state index is -0.216. The van der Waals surface area contributed by atoms with E-state index in [-0.39, 0.29) is 18.4 Å². The highest BCUT2D eigenvalue weighted by molar-refractivity contribution is 6.08. The van der Waals surface area contributed by atoms with Gasteiger partial charge in [-0.2, -0.15) is 0 Å². The van der Waals surface area contributed by atoms with E-state index in [0.717, 1.165) is 57.7 Å². The number of likely N-dealkylation sites (tertiary alicyclic amines) is 1. The van der Waals surface area contributed by atoms with Gasteiger partial charge >= 0.3 is 5.97 Å². The monoisotopic (exact) mass is 583 g/mol. The number of hydrogen-bond acceptors (Lipinski definition) is 7. The Morgan fingerprint density at radius 3 is 2.35 bits per heavy atom. The number of rotatable bonds is 11. The molecule has 0 amide bonds. The maximum absolute atomic E-state index is 13.1. The van der Waals surface area contributed by atoms with Crippen molar-refractivity contribution in [2.75, 3.05) is 41.5 Å². The Morgan fingerprint density at radius 2 is 1.67 bits per heavy atom. The molecule has 7 heteroatoms. The largest absolute Gasteiger partial charge is 0.497 e. The van der Waals surface area contributed by atoms with Crippen molar-refractivity contribution in [3.05, 3.63) is 88.5 Å². The number of likely N-dealkylation sites (N-methyl/N-ethyl adjacent to an activating group) is 1. The van der Waals surface area contributed by atoms with E-state index in [1.807, 2.05) is 60.7 Å². The summed E-state index contributed by atoms with van der Waals surface area (Å²) < 4.78 is 29.0. The van der Waals surface area contributed by atoms with Crippen LogP contribution >= 0.6 is 0 Å². The molecule has 5 rings (SSSR count). The number of fused-ring (bicyclic) bond motifs is 1. The van der Waals surface area contributed by atoms with E-state index in [2.05, 4.69) is 24.9 Å². The molecule has 0 bridgehead atoms. The lowest BCUT2D eigenvalue weighted by atomic mass is 10.00. The zero-order valence-corrected chi connectivity index (χ0v) is 25.8. The number of esters is 1. The molecule has 2 aliphatic rings. The Morgan fingerprint density at radius 1 is 0.930 bits per heavy atom. The number of benzene rings is 3. The summed E-state index contributed by atoms with van der Waals surface area (Å²) in [5.74, 6) is 2.23. The number of hydrogen-bond donors (Lipinski definition) is 0. The normalized spacial score (nSPS) is 17.5. The van der Waals surface area contributed by atoms with Gasteiger partial charge in [-0.25, -0.2) is 0 Å². The van der Waals surface area contributed by atoms with Gasteiger partial charge in [-0.15, -0.1) is 0 Å². The number of carbonyl (C=O) groups excluding carboxylic acids is 1. The van der Waals surface area contributed by atoms with Crippen molar-refractivity contribution in [1.29, 1.82) is 0 Å². The standard InChI is InChI=1S/C36H41NO6/c1-24-30(17-26-18-33(40-4)36(34(19-26)41-5)43-22-25-11-7-6-8-12-25)29-15-14-28(39-3)20-32(29)31(24)21-35(38)42-23-27-13-9-10-16-37(27)2/h6-8,11-12,14-15,17-20,27H,9-10,13,16,21-23H2,1-5H3/b30-17-. The zero-order chi connectivity index (χ0) is 30.3. The summed E-state index contributed by atoms with van der Waals surface area (Å²) in [4.78, 5) is 15.4. The number of methoxy groups -OCH3 is 3. The fourth-order valence-electron chi connectivity index (χ4n) is 5.88. The highest BCUT2D eigenvalue weighted by atomic mass is 16.5. The van der Waals surface area contributed by atoms with E-state index in [1.165, 1.54) is 12.8 Å². The Balaban J connectivity index is 1.43. The first-order chi connectivity index (χ1) is 20.9. The predicted octanol–water partition coefficient (Wildman–Crippen LogP) is 7.04. The molecule has 226 valence electrons. The Kier molecular flexibility index (Phi) is 9.72. The minimum Gasteiger partial charge on any atom is -0.497 e. The average Bonchev–Trinajstić information content (AvgIpc) is 3.28. The van der Waals surface area contributed by atoms with E-state index in [4.69, 9.17) is 23.7 Å². The van der Waals surface area contributed by atoms with Crippen molar-refractivity contribution in [3.8, 4) is 23.0 Å². The number of ether oxygens (including phenoxy) is 5. The smallest absolute Gasteiger partial charge is 0.310 e. The highest BCUT2D eigenvalue weighted by Crippen LogP contribution is 2.46. The van der Waals surface area contributed by atoms with Crippen molar-refractivity contribution >= 4 is 23.2 Å². The summed E-state index contributed by atoms with van der Waals surface area (Å²) in [6, 6.07) is 20.1. The van der Waals surface area contributed by atoms with Crippen LogP contribution < -0.4 is 18.9 Å². The minimum absolute atomic E-state index is 0.193. The molecule has 1 unspecified atom stereocenters. The molecule has 0 radical (unpaired) electrons. The molecule has 1 fully saturated rings. The van der Waals surface area contributed by atoms with Gasteiger partial charge in [0.05, 0.1) is 27.8 Å². The maximum atomic E-state index is 13.1. The molecule has 1 aliphatic carbocycles. The molecule has 0 spiro atoms. The maximum Gasteiger partial charge on any atom is 0.310 e. The van der Waals surface area contributed by atoms with Gasteiger partial charge in [0.1, 0.15) is 19.0 Å². The summed E-state index contributed by atoms with van der Waals surface area (Å²) in [5.41, 5.74) is 6.96. The second-order valence-electron chi connectivity index (χ2n) is 11.1. The van der Waals surface area contributed by atoms with Crippen LogP contribution in [0, 0.1) is 0 Å². The molecule has 3 aromatic carbocycles. The van der Waals surface area contributed by atoms with Gasteiger partial charge in [-0.05, 0) is 103 Å². The van der Waals surface area contributed by atoms with Crippen molar-refractivity contribution in [2.45, 2.75) is 45.3 Å². The Bertz CT molecular complexity index is 1480. The van der Waals surface area contributed by atoms with Gasteiger partial charge in [0.25, 0.3) is 0 Å². The zero-order valence-electron chi connectivity index (χ0n) is 25.8. The molecule has 1 atom stereocenters. The first-order valence-electron chi connectivity index (χ1n) is 14.8. The molecule has 1 saturated heterocycles. The number of carbonyl (C=O) groups is 1. The molecule has 1 heterocycles. The molecule has 3 aromatic rings. The first-order valence-corrected chi connectivity index (χ1v) is 14.8. The van der Waals surface area contributed by atoms with Crippen LogP contribution in [0.15, 0.2) is 66.2 Å². The van der Waals surface area contributed by atoms with E-state index in [9.17, 15) is 4.79 Å². The van der Waals surface area contributed by atoms with E-state index in [0.29, 0.717) is 30.5 Å². The van der Waals surface area contributed by atoms with Gasteiger partial charge in [0.15, 0.2) is 11.5 Å². The van der Waals surface area contributed by atoms with Gasteiger partial charge < -0.3 is 28.6 Å². The summed E-state index contributed by atoms with van der Waals surface area (Å²) in [6.07, 6.45) is 5.72. The summed E-state index contributed by atoms with van der Waals surface area (Å²) >= 11 is 0. The van der Waals surface area contributed by atoms with Crippen LogP contribution in [0.5, 0.6) is 23.0 Å². The van der Waals surface area contributed by atoms with Gasteiger partial charge in [0.2, 0.25) is 5.75 Å². The Labute approximate surface area is 254 Å². The molecule has 7 nitrogen and oxygen atoms in total. The third kappa shape index (κ3) is 6.89. The molecular formula is C36H41NO6. The number of piperidine rings is 1. The van der Waals surface area contributed by atoms with Crippen LogP contribution in [0.3, 0.4) is 0 Å². The van der Waals surface area contributed by atoms with Crippen LogP contribution in [-0.2, 0) is 16.1 Å². The molecule has 1 aliphatic heterocycles. The second kappa shape index (κ2) is 13.8. The average molecular weight is 584 g/mol. The number of allylic oxidation sites excluding steroid dienone is 2. The summed E-state index contributed by atoms with van der Waals surface area (Å²) in [5, 5.41) is 0. The highest BCUT2D eigenvalue weighted by Gasteiger charge is 2.28. The third-order valence-electron chi connectivity index (χ3n) is 8.40. The van der Waals surface area contributed by atoms with E-state index in [1.54, 1.807) is 21.3 Å². The number of nitrogens with zero attached hydrogens (tertiary/aromatic N) is 1. The predicted molar refractivity (Wildman–Crippen MR) is 170 cm³/mol. The molecule has 0 N–H and O–H groups in total. The van der Waals surface area contributed by atoms with Gasteiger partial charge in [0, 0.05) is 6.04 Å². The van der Waals surface area contributed by atoms with Crippen molar-refractivity contribution in [3.63, 3.8) is 0 Å². The third-order valence-corrected chi connectivity index (χ3v) is 8.40. The molecule has 43 heavy (non-hydrogen) atoms. The summed E-state index contributed by atoms with van der Waals surface area (Å²) in [7, 11) is 7.00. The van der Waals surface area contributed by atoms with Crippen LogP contribution in [0.4, 0.5) is 0 Å². The van der Waals surface area contributed by atoms with Gasteiger partial charge in [-0.1, -0.05) is 42.8 Å².